The summed E-state index contributed by atoms with van der Waals surface area (Å²) >= 11 is 0. The van der Waals surface area contributed by atoms with E-state index < -0.39 is 84.0 Å². The SMILES string of the molecule is CC(=O)N[C@@H](CCC(N)=O)C(=O)N[C@@H](CC1CCCCC1)C(=O)NC(CC(=O)O)C(=O)N[C@@H](CC1CCCCC1)C(=O)N[C@@H](Cc1ccccc1)C(=O)O. The Kier molecular flexibility index (Phi) is 17.9. The maximum absolute atomic E-state index is 13.9. The Morgan fingerprint density at radius 3 is 1.52 bits per heavy atom. The van der Waals surface area contributed by atoms with Gasteiger partial charge in [-0.15, -0.1) is 0 Å². The first-order chi connectivity index (χ1) is 25.7. The minimum absolute atomic E-state index is 0.0108. The Balaban J connectivity index is 1.83. The topological polar surface area (TPSA) is 263 Å². The molecule has 1 unspecified atom stereocenters. The Labute approximate surface area is 315 Å². The fraction of sp³-hybridized carbons (Fsp3) is 0.632. The molecule has 16 nitrogen and oxygen atoms in total. The molecule has 0 aromatic heterocycles. The first kappa shape index (κ1) is 43.4. The van der Waals surface area contributed by atoms with Crippen LogP contribution in [0.1, 0.15) is 109 Å². The van der Waals surface area contributed by atoms with Crippen molar-refractivity contribution in [3.05, 3.63) is 35.9 Å². The highest BCUT2D eigenvalue weighted by molar-refractivity contribution is 5.97. The number of carboxylic acid groups (broad SMARTS) is 2. The summed E-state index contributed by atoms with van der Waals surface area (Å²) in [6.45, 7) is 1.19. The number of hydrogen-bond acceptors (Lipinski definition) is 8. The minimum Gasteiger partial charge on any atom is -0.481 e. The summed E-state index contributed by atoms with van der Waals surface area (Å²) in [5.74, 6) is -7.15. The second-order valence-corrected chi connectivity index (χ2v) is 14.6. The molecule has 0 bridgehead atoms. The lowest BCUT2D eigenvalue weighted by atomic mass is 9.84. The van der Waals surface area contributed by atoms with Gasteiger partial charge in [0.2, 0.25) is 35.4 Å². The van der Waals surface area contributed by atoms with Crippen LogP contribution in [-0.4, -0.2) is 87.8 Å². The van der Waals surface area contributed by atoms with E-state index in [0.29, 0.717) is 5.56 Å². The second kappa shape index (κ2) is 22.3. The molecule has 6 amide bonds. The summed E-state index contributed by atoms with van der Waals surface area (Å²) in [6.07, 6.45) is 8.06. The van der Waals surface area contributed by atoms with Crippen LogP contribution in [0, 0.1) is 11.8 Å². The number of carbonyl (C=O) groups excluding carboxylic acids is 6. The largest absolute Gasteiger partial charge is 0.481 e. The van der Waals surface area contributed by atoms with Crippen LogP contribution in [0.25, 0.3) is 0 Å². The molecule has 16 heteroatoms. The van der Waals surface area contributed by atoms with Gasteiger partial charge in [0, 0.05) is 19.8 Å². The number of carbonyl (C=O) groups is 8. The van der Waals surface area contributed by atoms with Crippen molar-refractivity contribution in [1.82, 2.24) is 26.6 Å². The molecular weight excluding hydrogens is 700 g/mol. The molecule has 3 rings (SSSR count). The Bertz CT molecular complexity index is 1460. The predicted octanol–water partition coefficient (Wildman–Crippen LogP) is 1.44. The summed E-state index contributed by atoms with van der Waals surface area (Å²) in [7, 11) is 0. The number of benzene rings is 1. The smallest absolute Gasteiger partial charge is 0.326 e. The predicted molar refractivity (Wildman–Crippen MR) is 196 cm³/mol. The molecule has 0 heterocycles. The average molecular weight is 757 g/mol. The van der Waals surface area contributed by atoms with Gasteiger partial charge in [-0.25, -0.2) is 4.79 Å². The van der Waals surface area contributed by atoms with Crippen molar-refractivity contribution in [2.75, 3.05) is 0 Å². The lowest BCUT2D eigenvalue weighted by Crippen LogP contribution is -2.59. The Morgan fingerprint density at radius 1 is 0.630 bits per heavy atom. The van der Waals surface area contributed by atoms with E-state index in [1.807, 2.05) is 0 Å². The van der Waals surface area contributed by atoms with Crippen LogP contribution < -0.4 is 32.3 Å². The number of primary amides is 1. The van der Waals surface area contributed by atoms with Crippen LogP contribution >= 0.6 is 0 Å². The molecule has 1 aromatic rings. The highest BCUT2D eigenvalue weighted by Gasteiger charge is 2.35. The molecule has 2 aliphatic rings. The van der Waals surface area contributed by atoms with Crippen LogP contribution in [0.15, 0.2) is 30.3 Å². The first-order valence-corrected chi connectivity index (χ1v) is 19.0. The number of hydrogen-bond donors (Lipinski definition) is 8. The van der Waals surface area contributed by atoms with Crippen molar-refractivity contribution in [2.24, 2.45) is 17.6 Å². The number of amides is 6. The second-order valence-electron chi connectivity index (χ2n) is 14.6. The van der Waals surface area contributed by atoms with Crippen LogP contribution in [0.3, 0.4) is 0 Å². The Hall–Kier alpha value is -5.02. The maximum atomic E-state index is 13.9. The third kappa shape index (κ3) is 15.5. The van der Waals surface area contributed by atoms with Crippen LogP contribution in [-0.2, 0) is 44.8 Å². The fourth-order valence-electron chi connectivity index (χ4n) is 7.30. The minimum atomic E-state index is -1.66. The van der Waals surface area contributed by atoms with Gasteiger partial charge in [0.25, 0.3) is 0 Å². The third-order valence-electron chi connectivity index (χ3n) is 10.1. The zero-order valence-corrected chi connectivity index (χ0v) is 31.0. The zero-order valence-electron chi connectivity index (χ0n) is 31.0. The van der Waals surface area contributed by atoms with Crippen molar-refractivity contribution >= 4 is 47.4 Å². The summed E-state index contributed by atoms with van der Waals surface area (Å²) < 4.78 is 0. The monoisotopic (exact) mass is 756 g/mol. The van der Waals surface area contributed by atoms with Crippen molar-refractivity contribution in [3.8, 4) is 0 Å². The lowest BCUT2D eigenvalue weighted by molar-refractivity contribution is -0.143. The molecular formula is C38H56N6O10. The van der Waals surface area contributed by atoms with E-state index in [1.165, 1.54) is 6.92 Å². The summed E-state index contributed by atoms with van der Waals surface area (Å²) in [4.78, 5) is 102. The molecule has 298 valence electrons. The summed E-state index contributed by atoms with van der Waals surface area (Å²) in [6, 6.07) is 2.10. The number of nitrogens with two attached hydrogens (primary N) is 1. The molecule has 2 fully saturated rings. The third-order valence-corrected chi connectivity index (χ3v) is 10.1. The van der Waals surface area contributed by atoms with Crippen LogP contribution in [0.4, 0.5) is 0 Å². The van der Waals surface area contributed by atoms with Crippen molar-refractivity contribution in [3.63, 3.8) is 0 Å². The number of rotatable bonds is 21. The van der Waals surface area contributed by atoms with E-state index in [-0.39, 0.29) is 43.9 Å². The molecule has 54 heavy (non-hydrogen) atoms. The van der Waals surface area contributed by atoms with Crippen molar-refractivity contribution < 1.29 is 48.6 Å². The van der Waals surface area contributed by atoms with Gasteiger partial charge in [0.1, 0.15) is 30.2 Å². The van der Waals surface area contributed by atoms with Gasteiger partial charge in [-0.1, -0.05) is 94.5 Å². The molecule has 9 N–H and O–H groups in total. The molecule has 1 aromatic carbocycles. The Morgan fingerprint density at radius 2 is 1.07 bits per heavy atom. The molecule has 5 atom stereocenters. The first-order valence-electron chi connectivity index (χ1n) is 19.0. The van der Waals surface area contributed by atoms with E-state index in [1.54, 1.807) is 30.3 Å². The number of carboxylic acids is 2. The number of aliphatic carboxylic acids is 2. The highest BCUT2D eigenvalue weighted by Crippen LogP contribution is 2.29. The molecule has 0 spiro atoms. The van der Waals surface area contributed by atoms with Gasteiger partial charge in [-0.05, 0) is 36.7 Å². The van der Waals surface area contributed by atoms with Gasteiger partial charge in [0.15, 0.2) is 0 Å². The molecule has 2 aliphatic carbocycles. The number of nitrogens with one attached hydrogen (secondary N) is 5. The van der Waals surface area contributed by atoms with Crippen molar-refractivity contribution in [1.29, 1.82) is 0 Å². The quantitative estimate of drug-likeness (QED) is 0.0895. The highest BCUT2D eigenvalue weighted by atomic mass is 16.4. The van der Waals surface area contributed by atoms with Gasteiger partial charge >= 0.3 is 11.9 Å². The van der Waals surface area contributed by atoms with Crippen molar-refractivity contribution in [2.45, 2.75) is 140 Å². The van der Waals surface area contributed by atoms with Gasteiger partial charge in [0.05, 0.1) is 6.42 Å². The molecule has 2 saturated carbocycles. The van der Waals surface area contributed by atoms with E-state index in [9.17, 15) is 48.6 Å². The van der Waals surface area contributed by atoms with E-state index in [2.05, 4.69) is 26.6 Å². The molecule has 0 saturated heterocycles. The van der Waals surface area contributed by atoms with Gasteiger partial charge < -0.3 is 42.5 Å². The van der Waals surface area contributed by atoms with Gasteiger partial charge in [-0.3, -0.25) is 33.6 Å². The molecule has 0 radical (unpaired) electrons. The normalized spacial score (nSPS) is 17.7. The van der Waals surface area contributed by atoms with Crippen LogP contribution in [0.2, 0.25) is 0 Å². The summed E-state index contributed by atoms with van der Waals surface area (Å²) in [5, 5.41) is 32.4. The van der Waals surface area contributed by atoms with E-state index >= 15 is 0 Å². The average Bonchev–Trinajstić information content (AvgIpc) is 3.12. The lowest BCUT2D eigenvalue weighted by Gasteiger charge is -2.30. The summed E-state index contributed by atoms with van der Waals surface area (Å²) in [5.41, 5.74) is 5.93. The van der Waals surface area contributed by atoms with E-state index in [4.69, 9.17) is 5.73 Å². The zero-order chi connectivity index (χ0) is 39.6. The van der Waals surface area contributed by atoms with E-state index in [0.717, 1.165) is 64.2 Å². The standard InChI is InChI=1S/C38H56N6O10/c1-23(45)40-27(17-18-32(39)46)34(49)41-28(19-24-11-5-2-6-12-24)35(50)43-30(22-33(47)48)37(52)42-29(20-25-13-7-3-8-14-25)36(51)44-31(38(53)54)21-26-15-9-4-10-16-26/h4,9-10,15-16,24-25,27-31H,2-3,5-8,11-14,17-22H2,1H3,(H2,39,46)(H,40,45)(H,41,49)(H,42,52)(H,43,50)(H,44,51)(H,47,48)(H,53,54)/t27-,28-,29-,30?,31-/m0/s1. The maximum Gasteiger partial charge on any atom is 0.326 e. The van der Waals surface area contributed by atoms with Gasteiger partial charge in [-0.2, -0.15) is 0 Å². The fourth-order valence-corrected chi connectivity index (χ4v) is 7.30. The molecule has 0 aliphatic heterocycles. The van der Waals surface area contributed by atoms with Crippen LogP contribution in [0.5, 0.6) is 0 Å².